The molecule has 0 aromatic heterocycles. The van der Waals surface area contributed by atoms with Crippen LogP contribution in [0.1, 0.15) is 33.2 Å². The largest absolute Gasteiger partial charge is 0.478 e. The molecule has 0 aliphatic heterocycles. The molecule has 3 aromatic carbocycles. The summed E-state index contributed by atoms with van der Waals surface area (Å²) >= 11 is 0. The molecule has 0 saturated heterocycles. The van der Waals surface area contributed by atoms with Crippen LogP contribution in [-0.4, -0.2) is 55.0 Å². The topological polar surface area (TPSA) is 98.7 Å². The third-order valence-electron chi connectivity index (χ3n) is 5.17. The number of hydrogen-bond acceptors (Lipinski definition) is 4. The van der Waals surface area contributed by atoms with E-state index in [2.05, 4.69) is 10.6 Å². The first kappa shape index (κ1) is 23.7. The fourth-order valence-corrected chi connectivity index (χ4v) is 3.35. The Balaban J connectivity index is 1.80. The van der Waals surface area contributed by atoms with E-state index in [-0.39, 0.29) is 22.7 Å². The smallest absolute Gasteiger partial charge is 0.337 e. The van der Waals surface area contributed by atoms with Crippen LogP contribution in [0, 0.1) is 0 Å². The van der Waals surface area contributed by atoms with E-state index in [4.69, 9.17) is 0 Å². The molecule has 7 nitrogen and oxygen atoms in total. The average molecular weight is 446 g/mol. The van der Waals surface area contributed by atoms with E-state index < -0.39 is 11.9 Å². The van der Waals surface area contributed by atoms with Crippen molar-refractivity contribution in [3.63, 3.8) is 0 Å². The molecule has 0 aliphatic rings. The molecule has 170 valence electrons. The van der Waals surface area contributed by atoms with Crippen molar-refractivity contribution in [2.75, 3.05) is 32.5 Å². The highest BCUT2D eigenvalue weighted by Gasteiger charge is 2.15. The van der Waals surface area contributed by atoms with E-state index in [0.717, 1.165) is 21.9 Å². The number of aromatic carboxylic acids is 1. The highest BCUT2D eigenvalue weighted by Crippen LogP contribution is 2.22. The Morgan fingerprint density at radius 1 is 0.939 bits per heavy atom. The summed E-state index contributed by atoms with van der Waals surface area (Å²) in [6.07, 6.45) is 1.42. The molecule has 0 unspecified atom stereocenters. The number of benzene rings is 3. The summed E-state index contributed by atoms with van der Waals surface area (Å²) in [4.78, 5) is 38.7. The van der Waals surface area contributed by atoms with Gasteiger partial charge in [0.05, 0.1) is 11.3 Å². The predicted octanol–water partition coefficient (Wildman–Crippen LogP) is 3.87. The maximum atomic E-state index is 12.7. The molecule has 33 heavy (non-hydrogen) atoms. The van der Waals surface area contributed by atoms with Gasteiger partial charge in [0.2, 0.25) is 5.91 Å². The Morgan fingerprint density at radius 3 is 2.33 bits per heavy atom. The summed E-state index contributed by atoms with van der Waals surface area (Å²) in [5, 5.41) is 17.0. The van der Waals surface area contributed by atoms with Crippen LogP contribution in [0.15, 0.2) is 66.7 Å². The van der Waals surface area contributed by atoms with Gasteiger partial charge < -0.3 is 20.6 Å². The van der Waals surface area contributed by atoms with Crippen molar-refractivity contribution in [2.24, 2.45) is 0 Å². The SMILES string of the molecule is C/C(=C/C(=O)Nc1cc(C(=O)NCCN(C)C)ccc1C(=O)O)c1ccc2ccccc2c1. The van der Waals surface area contributed by atoms with E-state index in [1.54, 1.807) is 0 Å². The molecule has 0 saturated carbocycles. The average Bonchev–Trinajstić information content (AvgIpc) is 2.78. The van der Waals surface area contributed by atoms with Crippen LogP contribution >= 0.6 is 0 Å². The van der Waals surface area contributed by atoms with E-state index in [0.29, 0.717) is 13.1 Å². The summed E-state index contributed by atoms with van der Waals surface area (Å²) in [6.45, 7) is 2.93. The number of amides is 2. The molecule has 0 fully saturated rings. The summed E-state index contributed by atoms with van der Waals surface area (Å²) in [6, 6.07) is 18.0. The molecular weight excluding hydrogens is 418 g/mol. The third-order valence-corrected chi connectivity index (χ3v) is 5.17. The van der Waals surface area contributed by atoms with Crippen molar-refractivity contribution in [3.05, 3.63) is 83.4 Å². The number of likely N-dealkylation sites (N-methyl/N-ethyl adjacent to an activating group) is 1. The number of carboxylic acids is 1. The minimum absolute atomic E-state index is 0.0651. The van der Waals surface area contributed by atoms with Gasteiger partial charge in [-0.3, -0.25) is 9.59 Å². The Hall–Kier alpha value is -3.97. The Labute approximate surface area is 192 Å². The van der Waals surface area contributed by atoms with E-state index in [9.17, 15) is 19.5 Å². The lowest BCUT2D eigenvalue weighted by molar-refractivity contribution is -0.111. The number of rotatable bonds is 8. The number of nitrogens with zero attached hydrogens (tertiary/aromatic N) is 1. The van der Waals surface area contributed by atoms with Crippen LogP contribution in [-0.2, 0) is 4.79 Å². The molecule has 3 rings (SSSR count). The van der Waals surface area contributed by atoms with Crippen molar-refractivity contribution >= 4 is 39.8 Å². The van der Waals surface area contributed by atoms with Crippen molar-refractivity contribution < 1.29 is 19.5 Å². The number of fused-ring (bicyclic) bond motifs is 1. The van der Waals surface area contributed by atoms with Gasteiger partial charge in [-0.25, -0.2) is 4.79 Å². The molecule has 3 N–H and O–H groups in total. The van der Waals surface area contributed by atoms with Crippen molar-refractivity contribution in [2.45, 2.75) is 6.92 Å². The van der Waals surface area contributed by atoms with Crippen LogP contribution in [0.3, 0.4) is 0 Å². The second-order valence-corrected chi connectivity index (χ2v) is 8.00. The van der Waals surface area contributed by atoms with E-state index >= 15 is 0 Å². The van der Waals surface area contributed by atoms with Crippen LogP contribution in [0.5, 0.6) is 0 Å². The lowest BCUT2D eigenvalue weighted by atomic mass is 10.0. The minimum Gasteiger partial charge on any atom is -0.478 e. The normalized spacial score (nSPS) is 11.5. The lowest BCUT2D eigenvalue weighted by Crippen LogP contribution is -2.31. The van der Waals surface area contributed by atoms with Crippen LogP contribution in [0.2, 0.25) is 0 Å². The number of carbonyl (C=O) groups is 3. The van der Waals surface area contributed by atoms with Gasteiger partial charge in [-0.2, -0.15) is 0 Å². The fourth-order valence-electron chi connectivity index (χ4n) is 3.35. The number of anilines is 1. The molecule has 0 atom stereocenters. The molecule has 0 bridgehead atoms. The first-order valence-corrected chi connectivity index (χ1v) is 10.5. The number of carbonyl (C=O) groups excluding carboxylic acids is 2. The standard InChI is InChI=1S/C26H27N3O4/c1-17(19-9-8-18-6-4-5-7-20(18)15-19)14-24(30)28-23-16-21(10-11-22(23)26(32)33)25(31)27-12-13-29(2)3/h4-11,14-16H,12-13H2,1-3H3,(H,27,31)(H,28,30)(H,32,33)/b17-14-. The van der Waals surface area contributed by atoms with Gasteiger partial charge in [-0.1, -0.05) is 36.4 Å². The van der Waals surface area contributed by atoms with Crippen LogP contribution < -0.4 is 10.6 Å². The second kappa shape index (κ2) is 10.6. The van der Waals surface area contributed by atoms with Gasteiger partial charge in [0.15, 0.2) is 0 Å². The zero-order chi connectivity index (χ0) is 24.0. The van der Waals surface area contributed by atoms with Gasteiger partial charge in [0, 0.05) is 24.7 Å². The molecule has 3 aromatic rings. The maximum Gasteiger partial charge on any atom is 0.337 e. The second-order valence-electron chi connectivity index (χ2n) is 8.00. The molecule has 2 amide bonds. The molecule has 0 radical (unpaired) electrons. The highest BCUT2D eigenvalue weighted by molar-refractivity contribution is 6.08. The van der Waals surface area contributed by atoms with Crippen molar-refractivity contribution in [1.82, 2.24) is 10.2 Å². The lowest BCUT2D eigenvalue weighted by Gasteiger charge is -2.12. The molecule has 0 spiro atoms. The monoisotopic (exact) mass is 445 g/mol. The van der Waals surface area contributed by atoms with Gasteiger partial charge in [0.25, 0.3) is 5.91 Å². The summed E-state index contributed by atoms with van der Waals surface area (Å²) in [5.74, 6) is -2.01. The highest BCUT2D eigenvalue weighted by atomic mass is 16.4. The molecular formula is C26H27N3O4. The molecule has 7 heteroatoms. The van der Waals surface area contributed by atoms with Gasteiger partial charge >= 0.3 is 5.97 Å². The Morgan fingerprint density at radius 2 is 1.64 bits per heavy atom. The molecule has 0 aliphatic carbocycles. The number of allylic oxidation sites excluding steroid dienone is 1. The zero-order valence-corrected chi connectivity index (χ0v) is 18.9. The zero-order valence-electron chi connectivity index (χ0n) is 18.9. The summed E-state index contributed by atoms with van der Waals surface area (Å²) < 4.78 is 0. The van der Waals surface area contributed by atoms with Crippen molar-refractivity contribution in [1.29, 1.82) is 0 Å². The van der Waals surface area contributed by atoms with Crippen molar-refractivity contribution in [3.8, 4) is 0 Å². The van der Waals surface area contributed by atoms with E-state index in [1.165, 1.54) is 24.3 Å². The number of carboxylic acid groups (broad SMARTS) is 1. The quantitative estimate of drug-likeness (QED) is 0.457. The number of nitrogens with one attached hydrogen (secondary N) is 2. The van der Waals surface area contributed by atoms with E-state index in [1.807, 2.05) is 68.4 Å². The van der Waals surface area contributed by atoms with Gasteiger partial charge in [-0.05, 0) is 67.2 Å². The van der Waals surface area contributed by atoms with Crippen LogP contribution in [0.4, 0.5) is 5.69 Å². The fraction of sp³-hybridized carbons (Fsp3) is 0.192. The first-order chi connectivity index (χ1) is 15.7. The predicted molar refractivity (Wildman–Crippen MR) is 131 cm³/mol. The molecule has 0 heterocycles. The summed E-state index contributed by atoms with van der Waals surface area (Å²) in [7, 11) is 3.80. The van der Waals surface area contributed by atoms with Gasteiger partial charge in [-0.15, -0.1) is 0 Å². The van der Waals surface area contributed by atoms with Crippen LogP contribution in [0.25, 0.3) is 16.3 Å². The first-order valence-electron chi connectivity index (χ1n) is 10.5. The Kier molecular flexibility index (Phi) is 7.58. The Bertz CT molecular complexity index is 1230. The minimum atomic E-state index is -1.19. The maximum absolute atomic E-state index is 12.7. The third kappa shape index (κ3) is 6.27. The van der Waals surface area contributed by atoms with Gasteiger partial charge in [0.1, 0.15) is 0 Å². The number of hydrogen-bond donors (Lipinski definition) is 3. The summed E-state index contributed by atoms with van der Waals surface area (Å²) in [5.41, 5.74) is 1.86.